The fraction of sp³-hybridized carbons (Fsp3) is 0.259. The van der Waals surface area contributed by atoms with Crippen molar-refractivity contribution in [3.8, 4) is 22.6 Å². The molecule has 8 heteroatoms. The number of halogens is 2. The van der Waals surface area contributed by atoms with E-state index in [2.05, 4.69) is 14.8 Å². The Kier molecular flexibility index (Phi) is 5.27. The summed E-state index contributed by atoms with van der Waals surface area (Å²) in [7, 11) is 3.41. The monoisotopic (exact) mass is 478 g/mol. The molecule has 0 spiro atoms. The largest absolute Gasteiger partial charge is 0.586 e. The average Bonchev–Trinajstić information content (AvgIpc) is 3.57. The van der Waals surface area contributed by atoms with Gasteiger partial charge in [-0.25, -0.2) is 0 Å². The fourth-order valence-electron chi connectivity index (χ4n) is 4.33. The van der Waals surface area contributed by atoms with Gasteiger partial charge in [0.15, 0.2) is 11.5 Å². The Balaban J connectivity index is 1.37. The average molecular weight is 478 g/mol. The number of alkyl halides is 2. The van der Waals surface area contributed by atoms with Crippen LogP contribution in [0.4, 0.5) is 14.5 Å². The van der Waals surface area contributed by atoms with E-state index in [0.29, 0.717) is 29.7 Å². The maximum absolute atomic E-state index is 13.4. The number of rotatable bonds is 5. The fourth-order valence-corrected chi connectivity index (χ4v) is 4.33. The highest BCUT2D eigenvalue weighted by molar-refractivity contribution is 6.02. The van der Waals surface area contributed by atoms with Crippen LogP contribution in [0.3, 0.4) is 0 Å². The summed E-state index contributed by atoms with van der Waals surface area (Å²) in [5.41, 5.74) is 3.92. The van der Waals surface area contributed by atoms with Gasteiger partial charge in [-0.1, -0.05) is 24.3 Å². The molecule has 0 bridgehead atoms. The quantitative estimate of drug-likeness (QED) is 0.537. The molecule has 2 aliphatic rings. The molecule has 0 radical (unpaired) electrons. The summed E-state index contributed by atoms with van der Waals surface area (Å²) in [6.07, 6.45) is -2.49. The molecule has 6 nitrogen and oxygen atoms in total. The lowest BCUT2D eigenvalue weighted by Crippen LogP contribution is -2.28. The Morgan fingerprint density at radius 3 is 2.26 bits per heavy atom. The van der Waals surface area contributed by atoms with Crippen molar-refractivity contribution in [2.45, 2.75) is 31.5 Å². The van der Waals surface area contributed by atoms with Crippen LogP contribution >= 0.6 is 0 Å². The maximum Gasteiger partial charge on any atom is 0.586 e. The zero-order valence-electron chi connectivity index (χ0n) is 19.5. The van der Waals surface area contributed by atoms with Gasteiger partial charge in [0, 0.05) is 25.3 Å². The molecule has 1 heterocycles. The molecule has 1 aliphatic heterocycles. The van der Waals surface area contributed by atoms with Crippen LogP contribution in [0.5, 0.6) is 11.5 Å². The third-order valence-corrected chi connectivity index (χ3v) is 6.48. The van der Waals surface area contributed by atoms with E-state index in [1.165, 1.54) is 17.0 Å². The minimum atomic E-state index is -3.70. The molecule has 5 rings (SSSR count). The number of hydrogen-bond donors (Lipinski definition) is 1. The van der Waals surface area contributed by atoms with E-state index >= 15 is 0 Å². The number of ether oxygens (including phenoxy) is 2. The first-order valence-corrected chi connectivity index (χ1v) is 11.2. The van der Waals surface area contributed by atoms with Gasteiger partial charge in [0.2, 0.25) is 5.91 Å². The van der Waals surface area contributed by atoms with Gasteiger partial charge in [-0.05, 0) is 78.4 Å². The summed E-state index contributed by atoms with van der Waals surface area (Å²) >= 11 is 0. The van der Waals surface area contributed by atoms with E-state index in [4.69, 9.17) is 0 Å². The van der Waals surface area contributed by atoms with Gasteiger partial charge in [-0.3, -0.25) is 9.59 Å². The van der Waals surface area contributed by atoms with Crippen LogP contribution < -0.4 is 14.8 Å². The molecule has 0 saturated heterocycles. The van der Waals surface area contributed by atoms with Crippen LogP contribution in [0, 0.1) is 6.92 Å². The third-order valence-electron chi connectivity index (χ3n) is 6.48. The predicted molar refractivity (Wildman–Crippen MR) is 127 cm³/mol. The summed E-state index contributed by atoms with van der Waals surface area (Å²) in [5, 5.41) is 2.99. The summed E-state index contributed by atoms with van der Waals surface area (Å²) in [6, 6.07) is 17.5. The van der Waals surface area contributed by atoms with Gasteiger partial charge in [0.05, 0.1) is 5.41 Å². The van der Waals surface area contributed by atoms with Crippen LogP contribution in [0.1, 0.15) is 34.3 Å². The Morgan fingerprint density at radius 2 is 1.60 bits per heavy atom. The number of carbonyl (C=O) groups is 2. The molecule has 1 aliphatic carbocycles. The molecule has 1 saturated carbocycles. The van der Waals surface area contributed by atoms with E-state index in [-0.39, 0.29) is 23.3 Å². The van der Waals surface area contributed by atoms with Crippen LogP contribution in [-0.4, -0.2) is 37.1 Å². The van der Waals surface area contributed by atoms with E-state index in [9.17, 15) is 18.4 Å². The van der Waals surface area contributed by atoms with Gasteiger partial charge in [0.1, 0.15) is 0 Å². The number of benzene rings is 3. The van der Waals surface area contributed by atoms with Crippen molar-refractivity contribution in [1.82, 2.24) is 4.90 Å². The van der Waals surface area contributed by atoms with Crippen molar-refractivity contribution in [2.24, 2.45) is 0 Å². The van der Waals surface area contributed by atoms with E-state index in [1.807, 2.05) is 37.3 Å². The molecule has 0 unspecified atom stereocenters. The van der Waals surface area contributed by atoms with Crippen molar-refractivity contribution < 1.29 is 27.8 Å². The second-order valence-corrected chi connectivity index (χ2v) is 9.17. The zero-order valence-corrected chi connectivity index (χ0v) is 19.5. The standard InChI is InChI=1S/C27H24F2N2O4/c1-16-4-10-20(15-21(16)17-5-7-18(8-6-17)24(32)31(2)3)30-25(33)26(12-13-26)19-9-11-22-23(14-19)35-27(28,29)34-22/h4-11,14-15H,12-13H2,1-3H3,(H,30,33). The number of nitrogens with zero attached hydrogens (tertiary/aromatic N) is 1. The number of nitrogens with one attached hydrogen (secondary N) is 1. The minimum Gasteiger partial charge on any atom is -0.395 e. The first-order chi connectivity index (χ1) is 16.6. The number of anilines is 1. The number of carbonyl (C=O) groups excluding carboxylic acids is 2. The van der Waals surface area contributed by atoms with Crippen LogP contribution in [0.25, 0.3) is 11.1 Å². The summed E-state index contributed by atoms with van der Waals surface area (Å²) in [6.45, 7) is 1.98. The molecule has 1 N–H and O–H groups in total. The molecule has 35 heavy (non-hydrogen) atoms. The topological polar surface area (TPSA) is 67.9 Å². The molecule has 180 valence electrons. The van der Waals surface area contributed by atoms with Gasteiger partial charge >= 0.3 is 6.29 Å². The first-order valence-electron chi connectivity index (χ1n) is 11.2. The van der Waals surface area contributed by atoms with Crippen LogP contribution in [0.2, 0.25) is 0 Å². The van der Waals surface area contributed by atoms with Crippen molar-refractivity contribution in [3.05, 3.63) is 77.4 Å². The lowest BCUT2D eigenvalue weighted by atomic mass is 9.94. The van der Waals surface area contributed by atoms with E-state index in [0.717, 1.165) is 16.7 Å². The Labute approximate surface area is 201 Å². The third kappa shape index (κ3) is 4.20. The zero-order chi connectivity index (χ0) is 25.0. The van der Waals surface area contributed by atoms with Crippen LogP contribution in [0.15, 0.2) is 60.7 Å². The summed E-state index contributed by atoms with van der Waals surface area (Å²) < 4.78 is 35.8. The number of hydrogen-bond acceptors (Lipinski definition) is 4. The van der Waals surface area contributed by atoms with Crippen molar-refractivity contribution in [3.63, 3.8) is 0 Å². The van der Waals surface area contributed by atoms with Crippen molar-refractivity contribution >= 4 is 17.5 Å². The van der Waals surface area contributed by atoms with Gasteiger partial charge in [0.25, 0.3) is 5.91 Å². The SMILES string of the molecule is Cc1ccc(NC(=O)C2(c3ccc4c(c3)OC(F)(F)O4)CC2)cc1-c1ccc(C(=O)N(C)C)cc1. The number of amides is 2. The van der Waals surface area contributed by atoms with E-state index < -0.39 is 11.7 Å². The number of fused-ring (bicyclic) bond motifs is 1. The normalized spacial score (nSPS) is 16.5. The minimum absolute atomic E-state index is 0.0450. The second-order valence-electron chi connectivity index (χ2n) is 9.17. The molecule has 2 amide bonds. The second kappa shape index (κ2) is 8.08. The first kappa shape index (κ1) is 22.8. The molecule has 3 aromatic rings. The Hall–Kier alpha value is -3.94. The van der Waals surface area contributed by atoms with Crippen LogP contribution in [-0.2, 0) is 10.2 Å². The molecule has 1 fully saturated rings. The highest BCUT2D eigenvalue weighted by Crippen LogP contribution is 2.52. The lowest BCUT2D eigenvalue weighted by molar-refractivity contribution is -0.286. The van der Waals surface area contributed by atoms with Gasteiger partial charge in [-0.15, -0.1) is 8.78 Å². The summed E-state index contributed by atoms with van der Waals surface area (Å²) in [5.74, 6) is -0.391. The van der Waals surface area contributed by atoms with Gasteiger partial charge in [-0.2, -0.15) is 0 Å². The number of aryl methyl sites for hydroxylation is 1. The Bertz CT molecular complexity index is 1330. The molecule has 3 aromatic carbocycles. The summed E-state index contributed by atoms with van der Waals surface area (Å²) in [4.78, 5) is 27.0. The molecular weight excluding hydrogens is 454 g/mol. The van der Waals surface area contributed by atoms with Gasteiger partial charge < -0.3 is 19.7 Å². The predicted octanol–water partition coefficient (Wildman–Crippen LogP) is 5.36. The smallest absolute Gasteiger partial charge is 0.395 e. The lowest BCUT2D eigenvalue weighted by Gasteiger charge is -2.17. The molecular formula is C27H24F2N2O4. The van der Waals surface area contributed by atoms with Crippen molar-refractivity contribution in [1.29, 1.82) is 0 Å². The van der Waals surface area contributed by atoms with E-state index in [1.54, 1.807) is 32.3 Å². The molecule has 0 atom stereocenters. The highest BCUT2D eigenvalue weighted by Gasteiger charge is 2.52. The van der Waals surface area contributed by atoms with Crippen molar-refractivity contribution in [2.75, 3.05) is 19.4 Å². The molecule has 0 aromatic heterocycles. The Morgan fingerprint density at radius 1 is 0.914 bits per heavy atom. The highest BCUT2D eigenvalue weighted by atomic mass is 19.3. The maximum atomic E-state index is 13.4.